The first kappa shape index (κ1) is 27.2. The van der Waals surface area contributed by atoms with Crippen LogP contribution in [0.3, 0.4) is 0 Å². The van der Waals surface area contributed by atoms with E-state index < -0.39 is 0 Å². The second-order valence-electron chi connectivity index (χ2n) is 10.8. The molecule has 2 fully saturated rings. The molecule has 0 bridgehead atoms. The van der Waals surface area contributed by atoms with Gasteiger partial charge in [0.1, 0.15) is 11.9 Å². The van der Waals surface area contributed by atoms with E-state index in [-0.39, 0.29) is 23.8 Å². The Balaban J connectivity index is 1.26. The molecule has 1 atom stereocenters. The van der Waals surface area contributed by atoms with E-state index in [1.165, 1.54) is 0 Å². The molecule has 3 aromatic carbocycles. The molecule has 2 saturated heterocycles. The molecule has 8 heteroatoms. The Labute approximate surface area is 234 Å². The number of likely N-dealkylation sites (tertiary alicyclic amines) is 1. The van der Waals surface area contributed by atoms with Gasteiger partial charge in [-0.2, -0.15) is 0 Å². The van der Waals surface area contributed by atoms with Crippen molar-refractivity contribution >= 4 is 28.9 Å². The van der Waals surface area contributed by atoms with Crippen LogP contribution in [-0.2, 0) is 4.74 Å². The first-order valence-corrected chi connectivity index (χ1v) is 13.8. The van der Waals surface area contributed by atoms with Gasteiger partial charge in [-0.1, -0.05) is 43.6 Å². The van der Waals surface area contributed by atoms with Crippen molar-refractivity contribution in [2.75, 3.05) is 32.0 Å². The summed E-state index contributed by atoms with van der Waals surface area (Å²) >= 11 is 6.45. The lowest BCUT2D eigenvalue weighted by molar-refractivity contribution is -0.115. The normalized spacial score (nSPS) is 16.8. The quantitative estimate of drug-likeness (QED) is 0.236. The number of nitrogen functional groups attached to an aromatic ring is 1. The van der Waals surface area contributed by atoms with E-state index in [1.54, 1.807) is 18.2 Å². The summed E-state index contributed by atoms with van der Waals surface area (Å²) in [6, 6.07) is 20.4. The van der Waals surface area contributed by atoms with E-state index in [9.17, 15) is 4.79 Å². The fourth-order valence-corrected chi connectivity index (χ4v) is 5.24. The van der Waals surface area contributed by atoms with Crippen LogP contribution in [-0.4, -0.2) is 55.0 Å². The number of carbonyl (C=O) groups excluding carboxylic acids is 1. The molecular formula is C31H35ClN4O3. The third-order valence-electron chi connectivity index (χ3n) is 7.34. The maximum atomic E-state index is 13.3. The Hall–Kier alpha value is -3.39. The van der Waals surface area contributed by atoms with Crippen LogP contribution in [0.4, 0.5) is 5.69 Å². The summed E-state index contributed by atoms with van der Waals surface area (Å²) in [6.45, 7) is 7.67. The molecule has 7 nitrogen and oxygen atoms in total. The number of ether oxygens (including phenoxy) is 2. The van der Waals surface area contributed by atoms with Crippen LogP contribution < -0.4 is 15.8 Å². The molecule has 2 aliphatic rings. The van der Waals surface area contributed by atoms with Crippen molar-refractivity contribution in [3.63, 3.8) is 0 Å². The zero-order valence-electron chi connectivity index (χ0n) is 22.3. The Morgan fingerprint density at radius 3 is 2.44 bits per heavy atom. The van der Waals surface area contributed by atoms with Crippen molar-refractivity contribution in [2.24, 2.45) is 5.92 Å². The summed E-state index contributed by atoms with van der Waals surface area (Å²) in [4.78, 5) is 15.7. The average molecular weight is 547 g/mol. The average Bonchev–Trinajstić information content (AvgIpc) is 2.86. The summed E-state index contributed by atoms with van der Waals surface area (Å²) in [7, 11) is 0. The number of nitrogens with two attached hydrogens (primary N) is 1. The van der Waals surface area contributed by atoms with Crippen molar-refractivity contribution in [2.45, 2.75) is 38.5 Å². The minimum atomic E-state index is -0.235. The van der Waals surface area contributed by atoms with E-state index in [0.29, 0.717) is 39.4 Å². The minimum Gasteiger partial charge on any atom is -0.488 e. The van der Waals surface area contributed by atoms with Crippen LogP contribution in [0, 0.1) is 11.3 Å². The molecule has 5 rings (SSSR count). The largest absolute Gasteiger partial charge is 0.488 e. The van der Waals surface area contributed by atoms with Gasteiger partial charge in [-0.15, -0.1) is 0 Å². The number of nitrogens with zero attached hydrogens (tertiary/aromatic N) is 1. The topological polar surface area (TPSA) is 101 Å². The minimum absolute atomic E-state index is 0.173. The van der Waals surface area contributed by atoms with E-state index in [4.69, 9.17) is 32.2 Å². The third-order valence-corrected chi connectivity index (χ3v) is 7.68. The number of anilines is 1. The van der Waals surface area contributed by atoms with Crippen LogP contribution >= 0.6 is 11.6 Å². The smallest absolute Gasteiger partial charge is 0.251 e. The van der Waals surface area contributed by atoms with Crippen LogP contribution in [0.25, 0.3) is 0 Å². The first-order chi connectivity index (χ1) is 18.8. The van der Waals surface area contributed by atoms with E-state index >= 15 is 0 Å². The summed E-state index contributed by atoms with van der Waals surface area (Å²) in [5.41, 5.74) is 9.47. The lowest BCUT2D eigenvalue weighted by Crippen LogP contribution is -2.62. The molecule has 1 amide bonds. The summed E-state index contributed by atoms with van der Waals surface area (Å²) in [5, 5.41) is 12.6. The second-order valence-corrected chi connectivity index (χ2v) is 11.2. The molecule has 2 aliphatic heterocycles. The van der Waals surface area contributed by atoms with Crippen LogP contribution in [0.5, 0.6) is 5.75 Å². The van der Waals surface area contributed by atoms with Crippen LogP contribution in [0.2, 0.25) is 5.02 Å². The highest BCUT2D eigenvalue weighted by atomic mass is 35.5. The van der Waals surface area contributed by atoms with Crippen molar-refractivity contribution in [3.05, 3.63) is 94.0 Å². The highest BCUT2D eigenvalue weighted by molar-refractivity contribution is 6.31. The molecular weight excluding hydrogens is 512 g/mol. The Bertz CT molecular complexity index is 1330. The van der Waals surface area contributed by atoms with Crippen molar-refractivity contribution in [1.29, 1.82) is 5.41 Å². The summed E-state index contributed by atoms with van der Waals surface area (Å²) in [5.74, 6) is 0.897. The van der Waals surface area contributed by atoms with E-state index in [2.05, 4.69) is 24.1 Å². The summed E-state index contributed by atoms with van der Waals surface area (Å²) < 4.78 is 11.3. The summed E-state index contributed by atoms with van der Waals surface area (Å²) in [6.07, 6.45) is 0.919. The number of carbonyl (C=O) groups is 1. The van der Waals surface area contributed by atoms with Gasteiger partial charge in [-0.25, -0.2) is 0 Å². The monoisotopic (exact) mass is 546 g/mol. The highest BCUT2D eigenvalue weighted by Crippen LogP contribution is 2.29. The van der Waals surface area contributed by atoms with Gasteiger partial charge in [0.15, 0.2) is 0 Å². The van der Waals surface area contributed by atoms with Gasteiger partial charge >= 0.3 is 0 Å². The molecule has 39 heavy (non-hydrogen) atoms. The molecule has 0 aromatic heterocycles. The maximum absolute atomic E-state index is 13.3. The Morgan fingerprint density at radius 1 is 1.10 bits per heavy atom. The van der Waals surface area contributed by atoms with Gasteiger partial charge in [0.2, 0.25) is 0 Å². The van der Waals surface area contributed by atoms with Crippen molar-refractivity contribution in [1.82, 2.24) is 10.2 Å². The molecule has 0 radical (unpaired) electrons. The van der Waals surface area contributed by atoms with Crippen molar-refractivity contribution < 1.29 is 14.3 Å². The zero-order chi connectivity index (χ0) is 27.5. The molecule has 4 N–H and O–H groups in total. The van der Waals surface area contributed by atoms with Gasteiger partial charge in [0, 0.05) is 40.5 Å². The number of benzene rings is 3. The number of halogens is 1. The number of hydrogen-bond acceptors (Lipinski definition) is 6. The van der Waals surface area contributed by atoms with Gasteiger partial charge in [0.25, 0.3) is 5.91 Å². The second kappa shape index (κ2) is 11.8. The molecule has 0 spiro atoms. The molecule has 0 saturated carbocycles. The van der Waals surface area contributed by atoms with E-state index in [1.807, 2.05) is 48.5 Å². The zero-order valence-corrected chi connectivity index (χ0v) is 23.1. The van der Waals surface area contributed by atoms with Gasteiger partial charge in [-0.3, -0.25) is 15.1 Å². The van der Waals surface area contributed by atoms with Crippen LogP contribution in [0.1, 0.15) is 53.4 Å². The lowest BCUT2D eigenvalue weighted by Gasteiger charge is -2.46. The van der Waals surface area contributed by atoms with Gasteiger partial charge in [-0.05, 0) is 66.4 Å². The Morgan fingerprint density at radius 2 is 1.79 bits per heavy atom. The Kier molecular flexibility index (Phi) is 8.21. The number of amides is 1. The molecule has 3 aromatic rings. The lowest BCUT2D eigenvalue weighted by atomic mass is 9.95. The number of nitrogens with one attached hydrogen (secondary N) is 2. The predicted octanol–water partition coefficient (Wildman–Crippen LogP) is 5.32. The van der Waals surface area contributed by atoms with Crippen LogP contribution in [0.15, 0.2) is 66.7 Å². The molecule has 2 heterocycles. The number of hydrogen-bond donors (Lipinski definition) is 3. The SMILES string of the molecule is CC(C)CC(NC(=O)c1ccc(N)c(C(=N)c2ccc(OC3CN(C4COC4)C3)cc2)c1)c1ccccc1Cl. The molecule has 0 aliphatic carbocycles. The predicted molar refractivity (Wildman–Crippen MR) is 155 cm³/mol. The highest BCUT2D eigenvalue weighted by Gasteiger charge is 2.37. The van der Waals surface area contributed by atoms with Crippen molar-refractivity contribution in [3.8, 4) is 5.75 Å². The fraction of sp³-hybridized carbons (Fsp3) is 0.355. The third kappa shape index (κ3) is 6.27. The maximum Gasteiger partial charge on any atom is 0.251 e. The van der Waals surface area contributed by atoms with Gasteiger partial charge in [0.05, 0.1) is 31.0 Å². The number of rotatable bonds is 10. The fourth-order valence-electron chi connectivity index (χ4n) is 4.97. The standard InChI is InChI=1S/C31H35ClN4O3/c1-19(2)13-29(25-5-3-4-6-27(25)32)35-31(37)21-9-12-28(33)26(14-21)30(34)20-7-10-23(11-8-20)39-24-15-36(16-24)22-17-38-18-22/h3-12,14,19,22,24,29,34H,13,15-18,33H2,1-2H3,(H,35,37). The van der Waals surface area contributed by atoms with Gasteiger partial charge < -0.3 is 20.5 Å². The molecule has 204 valence electrons. The first-order valence-electron chi connectivity index (χ1n) is 13.4. The van der Waals surface area contributed by atoms with E-state index in [0.717, 1.165) is 44.0 Å². The molecule has 1 unspecified atom stereocenters.